The van der Waals surface area contributed by atoms with Crippen LogP contribution in [0.15, 0.2) is 28.9 Å². The highest BCUT2D eigenvalue weighted by atomic mass is 79.9. The number of nitrogens with zero attached hydrogens (tertiary/aromatic N) is 2. The number of hydrogen-bond acceptors (Lipinski definition) is 4. The predicted octanol–water partition coefficient (Wildman–Crippen LogP) is 4.26. The summed E-state index contributed by atoms with van der Waals surface area (Å²) >= 11 is 5.07. The molecule has 0 amide bonds. The van der Waals surface area contributed by atoms with Gasteiger partial charge in [0.1, 0.15) is 11.1 Å². The van der Waals surface area contributed by atoms with Crippen LogP contribution in [0.25, 0.3) is 0 Å². The van der Waals surface area contributed by atoms with E-state index in [9.17, 15) is 0 Å². The molecule has 0 bridgehead atoms. The van der Waals surface area contributed by atoms with Crippen LogP contribution in [0.5, 0.6) is 0 Å². The summed E-state index contributed by atoms with van der Waals surface area (Å²) in [6.45, 7) is 4.12. The van der Waals surface area contributed by atoms with Crippen LogP contribution in [0.4, 0.5) is 5.69 Å². The Kier molecular flexibility index (Phi) is 4.00. The number of thiazole rings is 1. The van der Waals surface area contributed by atoms with Gasteiger partial charge in [-0.3, -0.25) is 0 Å². The molecule has 1 unspecified atom stereocenters. The van der Waals surface area contributed by atoms with E-state index in [0.717, 1.165) is 15.2 Å². The van der Waals surface area contributed by atoms with Crippen molar-refractivity contribution in [2.45, 2.75) is 19.9 Å². The molecule has 1 N–H and O–H groups in total. The molecule has 0 aliphatic rings. The minimum atomic E-state index is 0.156. The van der Waals surface area contributed by atoms with Crippen LogP contribution in [0.1, 0.15) is 28.4 Å². The zero-order valence-electron chi connectivity index (χ0n) is 10.1. The number of anilines is 1. The van der Waals surface area contributed by atoms with Crippen LogP contribution in [-0.4, -0.2) is 4.98 Å². The minimum Gasteiger partial charge on any atom is -0.376 e. The van der Waals surface area contributed by atoms with E-state index >= 15 is 0 Å². The molecule has 0 aliphatic heterocycles. The number of aromatic nitrogens is 1. The normalized spacial score (nSPS) is 11.9. The maximum absolute atomic E-state index is 8.86. The van der Waals surface area contributed by atoms with Gasteiger partial charge in [-0.05, 0) is 48.0 Å². The van der Waals surface area contributed by atoms with E-state index in [2.05, 4.69) is 39.2 Å². The fraction of sp³-hybridized carbons (Fsp3) is 0.231. The second-order valence-electron chi connectivity index (χ2n) is 3.98. The van der Waals surface area contributed by atoms with Gasteiger partial charge < -0.3 is 5.32 Å². The number of hydrogen-bond donors (Lipinski definition) is 1. The van der Waals surface area contributed by atoms with E-state index in [1.807, 2.05) is 25.3 Å². The lowest BCUT2D eigenvalue weighted by atomic mass is 10.2. The summed E-state index contributed by atoms with van der Waals surface area (Å²) in [6.07, 6.45) is 1.88. The van der Waals surface area contributed by atoms with Crippen LogP contribution in [0, 0.1) is 18.3 Å². The molecular weight excluding hydrogens is 310 g/mol. The van der Waals surface area contributed by atoms with Gasteiger partial charge in [-0.1, -0.05) is 0 Å². The van der Waals surface area contributed by atoms with Crippen molar-refractivity contribution in [3.63, 3.8) is 0 Å². The largest absolute Gasteiger partial charge is 0.376 e. The van der Waals surface area contributed by atoms with Crippen LogP contribution in [-0.2, 0) is 0 Å². The average molecular weight is 322 g/mol. The second kappa shape index (κ2) is 5.51. The molecule has 92 valence electrons. The van der Waals surface area contributed by atoms with Gasteiger partial charge in [0.2, 0.25) is 0 Å². The summed E-state index contributed by atoms with van der Waals surface area (Å²) in [5.41, 5.74) is 1.61. The standard InChI is InChI=1S/C13H12BrN3S/c1-8-7-16-13(18-8)9(2)17-11-4-3-10(6-15)12(14)5-11/h3-5,7,9,17H,1-2H3. The van der Waals surface area contributed by atoms with Crippen molar-refractivity contribution >= 4 is 33.0 Å². The molecule has 2 rings (SSSR count). The van der Waals surface area contributed by atoms with Crippen molar-refractivity contribution in [2.75, 3.05) is 5.32 Å². The van der Waals surface area contributed by atoms with Gasteiger partial charge in [-0.2, -0.15) is 5.26 Å². The number of halogens is 1. The van der Waals surface area contributed by atoms with E-state index < -0.39 is 0 Å². The maximum atomic E-state index is 8.86. The molecule has 0 fully saturated rings. The van der Waals surface area contributed by atoms with Crippen LogP contribution in [0.2, 0.25) is 0 Å². The van der Waals surface area contributed by atoms with E-state index in [1.165, 1.54) is 4.88 Å². The number of benzene rings is 1. The van der Waals surface area contributed by atoms with E-state index in [0.29, 0.717) is 5.56 Å². The SMILES string of the molecule is Cc1cnc(C(C)Nc2ccc(C#N)c(Br)c2)s1. The fourth-order valence-corrected chi connectivity index (χ4v) is 2.82. The van der Waals surface area contributed by atoms with Gasteiger partial charge in [0.25, 0.3) is 0 Å². The smallest absolute Gasteiger partial charge is 0.115 e. The first-order valence-electron chi connectivity index (χ1n) is 5.48. The molecule has 1 aromatic heterocycles. The van der Waals surface area contributed by atoms with Crippen molar-refractivity contribution < 1.29 is 0 Å². The summed E-state index contributed by atoms with van der Waals surface area (Å²) in [7, 11) is 0. The van der Waals surface area contributed by atoms with Crippen molar-refractivity contribution in [3.8, 4) is 6.07 Å². The first-order valence-corrected chi connectivity index (χ1v) is 7.09. The number of aryl methyl sites for hydroxylation is 1. The summed E-state index contributed by atoms with van der Waals surface area (Å²) in [5, 5.41) is 13.3. The summed E-state index contributed by atoms with van der Waals surface area (Å²) in [4.78, 5) is 5.57. The average Bonchev–Trinajstić information content (AvgIpc) is 2.76. The number of nitriles is 1. The molecule has 1 atom stereocenters. The Bertz CT molecular complexity index is 601. The van der Waals surface area contributed by atoms with Gasteiger partial charge in [-0.15, -0.1) is 11.3 Å². The molecule has 0 radical (unpaired) electrons. The van der Waals surface area contributed by atoms with E-state index in [1.54, 1.807) is 17.4 Å². The molecule has 0 saturated carbocycles. The molecule has 0 aliphatic carbocycles. The molecule has 3 nitrogen and oxygen atoms in total. The van der Waals surface area contributed by atoms with Crippen molar-refractivity contribution in [3.05, 3.63) is 44.3 Å². The Morgan fingerprint density at radius 3 is 2.83 bits per heavy atom. The highest BCUT2D eigenvalue weighted by molar-refractivity contribution is 9.10. The number of nitrogens with one attached hydrogen (secondary N) is 1. The zero-order chi connectivity index (χ0) is 13.1. The molecule has 1 aromatic carbocycles. The minimum absolute atomic E-state index is 0.156. The monoisotopic (exact) mass is 321 g/mol. The van der Waals surface area contributed by atoms with Gasteiger partial charge in [0.05, 0.1) is 11.6 Å². The third-order valence-corrected chi connectivity index (χ3v) is 4.23. The molecular formula is C13H12BrN3S. The lowest BCUT2D eigenvalue weighted by Gasteiger charge is -2.13. The third-order valence-electron chi connectivity index (χ3n) is 2.48. The molecule has 5 heteroatoms. The summed E-state index contributed by atoms with van der Waals surface area (Å²) in [5.74, 6) is 0. The lowest BCUT2D eigenvalue weighted by Crippen LogP contribution is -2.06. The summed E-state index contributed by atoms with van der Waals surface area (Å²) < 4.78 is 0.803. The third kappa shape index (κ3) is 2.89. The van der Waals surface area contributed by atoms with Gasteiger partial charge in [0, 0.05) is 21.2 Å². The van der Waals surface area contributed by atoms with Crippen molar-refractivity contribution in [2.24, 2.45) is 0 Å². The van der Waals surface area contributed by atoms with Gasteiger partial charge in [0.15, 0.2) is 0 Å². The Morgan fingerprint density at radius 1 is 1.50 bits per heavy atom. The molecule has 2 aromatic rings. The first kappa shape index (κ1) is 13.1. The van der Waals surface area contributed by atoms with E-state index in [4.69, 9.17) is 5.26 Å². The van der Waals surface area contributed by atoms with Crippen molar-refractivity contribution in [1.29, 1.82) is 5.26 Å². The zero-order valence-corrected chi connectivity index (χ0v) is 12.5. The Labute approximate surface area is 119 Å². The van der Waals surface area contributed by atoms with Crippen molar-refractivity contribution in [1.82, 2.24) is 4.98 Å². The predicted molar refractivity (Wildman–Crippen MR) is 77.7 cm³/mol. The van der Waals surface area contributed by atoms with Crippen LogP contribution >= 0.6 is 27.3 Å². The van der Waals surface area contributed by atoms with Crippen LogP contribution in [0.3, 0.4) is 0 Å². The fourth-order valence-electron chi connectivity index (χ4n) is 1.58. The summed E-state index contributed by atoms with van der Waals surface area (Å²) in [6, 6.07) is 7.90. The maximum Gasteiger partial charge on any atom is 0.115 e. The highest BCUT2D eigenvalue weighted by Gasteiger charge is 2.10. The Balaban J connectivity index is 2.15. The molecule has 1 heterocycles. The van der Waals surface area contributed by atoms with Crippen LogP contribution < -0.4 is 5.32 Å². The highest BCUT2D eigenvalue weighted by Crippen LogP contribution is 2.26. The molecule has 0 saturated heterocycles. The second-order valence-corrected chi connectivity index (χ2v) is 6.10. The van der Waals surface area contributed by atoms with Gasteiger partial charge in [-0.25, -0.2) is 4.98 Å². The topological polar surface area (TPSA) is 48.7 Å². The first-order chi connectivity index (χ1) is 8.60. The number of rotatable bonds is 3. The quantitative estimate of drug-likeness (QED) is 0.918. The lowest BCUT2D eigenvalue weighted by molar-refractivity contribution is 0.869. The molecule has 18 heavy (non-hydrogen) atoms. The Hall–Kier alpha value is -1.38. The molecule has 0 spiro atoms. The van der Waals surface area contributed by atoms with Gasteiger partial charge >= 0.3 is 0 Å². The van der Waals surface area contributed by atoms with E-state index in [-0.39, 0.29) is 6.04 Å². The Morgan fingerprint density at radius 2 is 2.28 bits per heavy atom.